The van der Waals surface area contributed by atoms with E-state index < -0.39 is 0 Å². The second-order valence-electron chi connectivity index (χ2n) is 18.6. The zero-order valence-electron chi connectivity index (χ0n) is 35.8. The van der Waals surface area contributed by atoms with Gasteiger partial charge in [-0.3, -0.25) is 4.98 Å². The Morgan fingerprint density at radius 1 is 0.525 bits per heavy atom. The molecular formula is C55H54N2O2. The highest BCUT2D eigenvalue weighted by Crippen LogP contribution is 2.44. The molecule has 1 N–H and O–H groups in total. The van der Waals surface area contributed by atoms with Crippen molar-refractivity contribution < 1.29 is 9.52 Å². The minimum Gasteiger partial charge on any atom is -0.507 e. The first-order valence-corrected chi connectivity index (χ1v) is 20.7. The van der Waals surface area contributed by atoms with Crippen LogP contribution in [0, 0.1) is 0 Å². The standard InChI is InChI=1S/C55H54N2O2/c1-35(36-17-12-10-13-18-36)39-32-46(51(58)47(33-39)54(5,6)7)52-57-50-45(21-16-22-49(50)59-52)40-29-41(31-44(30-40)53(2,3)4)48-34-38(27-28-56-48)37-23-25-43(26-24-37)55(8,9)42-19-14-11-15-20-42/h10-35,58H,1-9H3. The highest BCUT2D eigenvalue weighted by molar-refractivity contribution is 5.93. The monoisotopic (exact) mass is 774 g/mol. The summed E-state index contributed by atoms with van der Waals surface area (Å²) in [5.41, 5.74) is 14.6. The maximum Gasteiger partial charge on any atom is 0.231 e. The van der Waals surface area contributed by atoms with E-state index in [1.165, 1.54) is 22.3 Å². The molecule has 0 aliphatic carbocycles. The first-order valence-electron chi connectivity index (χ1n) is 20.7. The van der Waals surface area contributed by atoms with E-state index in [-0.39, 0.29) is 27.9 Å². The van der Waals surface area contributed by atoms with Crippen LogP contribution in [0.4, 0.5) is 0 Å². The second kappa shape index (κ2) is 15.2. The fourth-order valence-electron chi connectivity index (χ4n) is 8.11. The largest absolute Gasteiger partial charge is 0.507 e. The van der Waals surface area contributed by atoms with Crippen LogP contribution < -0.4 is 0 Å². The lowest BCUT2D eigenvalue weighted by Crippen LogP contribution is -2.18. The molecule has 0 radical (unpaired) electrons. The molecule has 0 aliphatic heterocycles. The molecule has 8 rings (SSSR count). The highest BCUT2D eigenvalue weighted by Gasteiger charge is 2.27. The number of aromatic nitrogens is 2. The first-order chi connectivity index (χ1) is 28.1. The van der Waals surface area contributed by atoms with Gasteiger partial charge in [-0.05, 0) is 91.7 Å². The van der Waals surface area contributed by atoms with Crippen molar-refractivity contribution in [3.05, 3.63) is 185 Å². The Bertz CT molecular complexity index is 2770. The molecule has 1 atom stereocenters. The Morgan fingerprint density at radius 2 is 1.19 bits per heavy atom. The number of oxazole rings is 1. The summed E-state index contributed by atoms with van der Waals surface area (Å²) in [5.74, 6) is 0.706. The number of benzene rings is 6. The number of rotatable bonds is 8. The molecule has 296 valence electrons. The maximum atomic E-state index is 11.8. The molecule has 0 fully saturated rings. The quantitative estimate of drug-likeness (QED) is 0.167. The molecule has 4 nitrogen and oxygen atoms in total. The van der Waals surface area contributed by atoms with Gasteiger partial charge in [-0.2, -0.15) is 0 Å². The lowest BCUT2D eigenvalue weighted by Gasteiger charge is -2.26. The summed E-state index contributed by atoms with van der Waals surface area (Å²) in [5, 5.41) is 11.8. The molecule has 0 aliphatic rings. The van der Waals surface area contributed by atoms with Gasteiger partial charge in [0.15, 0.2) is 5.58 Å². The lowest BCUT2D eigenvalue weighted by atomic mass is 9.78. The van der Waals surface area contributed by atoms with Gasteiger partial charge in [0.05, 0.1) is 11.3 Å². The second-order valence-corrected chi connectivity index (χ2v) is 18.6. The van der Waals surface area contributed by atoms with Gasteiger partial charge in [-0.25, -0.2) is 4.98 Å². The Kier molecular flexibility index (Phi) is 10.2. The third-order valence-electron chi connectivity index (χ3n) is 12.0. The lowest BCUT2D eigenvalue weighted by molar-refractivity contribution is 0.445. The van der Waals surface area contributed by atoms with Crippen LogP contribution in [0.3, 0.4) is 0 Å². The number of hydrogen-bond acceptors (Lipinski definition) is 4. The topological polar surface area (TPSA) is 59.2 Å². The van der Waals surface area contributed by atoms with Crippen molar-refractivity contribution in [2.24, 2.45) is 0 Å². The molecule has 8 aromatic rings. The van der Waals surface area contributed by atoms with Gasteiger partial charge in [-0.15, -0.1) is 0 Å². The molecule has 0 amide bonds. The zero-order valence-corrected chi connectivity index (χ0v) is 35.8. The number of phenolic OH excluding ortho intramolecular Hbond substituents is 1. The molecule has 6 aromatic carbocycles. The van der Waals surface area contributed by atoms with E-state index in [1.807, 2.05) is 30.5 Å². The van der Waals surface area contributed by atoms with E-state index in [0.717, 1.165) is 50.2 Å². The van der Waals surface area contributed by atoms with Crippen LogP contribution in [0.2, 0.25) is 0 Å². The van der Waals surface area contributed by atoms with Gasteiger partial charge in [0, 0.05) is 34.2 Å². The van der Waals surface area contributed by atoms with E-state index in [4.69, 9.17) is 14.4 Å². The van der Waals surface area contributed by atoms with Crippen LogP contribution in [-0.4, -0.2) is 15.1 Å². The SMILES string of the molecule is CC(c1ccccc1)c1cc(-c2nc3c(-c4cc(-c5cc(-c6ccc(C(C)(C)c7ccccc7)cc6)ccn5)cc(C(C)(C)C)c4)cccc3o2)c(O)c(C(C)(C)C)c1. The van der Waals surface area contributed by atoms with E-state index >= 15 is 0 Å². The average molecular weight is 775 g/mol. The predicted molar refractivity (Wildman–Crippen MR) is 245 cm³/mol. The third-order valence-corrected chi connectivity index (χ3v) is 12.0. The summed E-state index contributed by atoms with van der Waals surface area (Å²) >= 11 is 0. The van der Waals surface area contributed by atoms with Gasteiger partial charge < -0.3 is 9.52 Å². The van der Waals surface area contributed by atoms with Crippen LogP contribution in [0.1, 0.15) is 102 Å². The molecule has 59 heavy (non-hydrogen) atoms. The maximum absolute atomic E-state index is 11.8. The summed E-state index contributed by atoms with van der Waals surface area (Å²) in [6, 6.07) is 51.4. The van der Waals surface area contributed by atoms with Crippen LogP contribution >= 0.6 is 0 Å². The molecule has 2 aromatic heterocycles. The van der Waals surface area contributed by atoms with E-state index in [0.29, 0.717) is 17.0 Å². The normalized spacial score (nSPS) is 12.8. The summed E-state index contributed by atoms with van der Waals surface area (Å²) in [6.45, 7) is 19.9. The van der Waals surface area contributed by atoms with Crippen molar-refractivity contribution in [2.75, 3.05) is 0 Å². The van der Waals surface area contributed by atoms with Gasteiger partial charge in [-0.1, -0.05) is 172 Å². The smallest absolute Gasteiger partial charge is 0.231 e. The van der Waals surface area contributed by atoms with Crippen molar-refractivity contribution in [3.8, 4) is 50.7 Å². The molecule has 1 unspecified atom stereocenters. The summed E-state index contributed by atoms with van der Waals surface area (Å²) in [4.78, 5) is 10.1. The van der Waals surface area contributed by atoms with Gasteiger partial charge in [0.25, 0.3) is 0 Å². The number of pyridine rings is 1. The van der Waals surface area contributed by atoms with Crippen molar-refractivity contribution >= 4 is 11.1 Å². The number of nitrogens with zero attached hydrogens (tertiary/aromatic N) is 2. The number of fused-ring (bicyclic) bond motifs is 1. The minimum absolute atomic E-state index is 0.105. The minimum atomic E-state index is -0.305. The van der Waals surface area contributed by atoms with Crippen molar-refractivity contribution in [1.82, 2.24) is 9.97 Å². The van der Waals surface area contributed by atoms with Crippen molar-refractivity contribution in [3.63, 3.8) is 0 Å². The van der Waals surface area contributed by atoms with Crippen LogP contribution in [0.15, 0.2) is 156 Å². The number of aromatic hydroxyl groups is 1. The molecule has 4 heteroatoms. The summed E-state index contributed by atoms with van der Waals surface area (Å²) < 4.78 is 6.55. The van der Waals surface area contributed by atoms with E-state index in [2.05, 4.69) is 184 Å². The van der Waals surface area contributed by atoms with Crippen LogP contribution in [0.25, 0.3) is 56.1 Å². The summed E-state index contributed by atoms with van der Waals surface area (Å²) in [6.07, 6.45) is 1.91. The van der Waals surface area contributed by atoms with E-state index in [1.54, 1.807) is 0 Å². The van der Waals surface area contributed by atoms with Crippen molar-refractivity contribution in [1.29, 1.82) is 0 Å². The third kappa shape index (κ3) is 7.84. The fraction of sp³-hybridized carbons (Fsp3) is 0.236. The Balaban J connectivity index is 1.20. The van der Waals surface area contributed by atoms with Gasteiger partial charge >= 0.3 is 0 Å². The summed E-state index contributed by atoms with van der Waals surface area (Å²) in [7, 11) is 0. The number of para-hydroxylation sites is 1. The molecule has 2 heterocycles. The molecular weight excluding hydrogens is 721 g/mol. The van der Waals surface area contributed by atoms with Crippen LogP contribution in [-0.2, 0) is 16.2 Å². The molecule has 0 saturated heterocycles. The molecule has 0 spiro atoms. The zero-order chi connectivity index (χ0) is 41.7. The Labute approximate surface area is 349 Å². The Morgan fingerprint density at radius 3 is 1.86 bits per heavy atom. The van der Waals surface area contributed by atoms with Gasteiger partial charge in [0.1, 0.15) is 11.3 Å². The molecule has 0 bridgehead atoms. The first kappa shape index (κ1) is 39.6. The van der Waals surface area contributed by atoms with E-state index in [9.17, 15) is 5.11 Å². The number of phenols is 1. The number of hydrogen-bond donors (Lipinski definition) is 1. The Hall–Kier alpha value is -6.26. The average Bonchev–Trinajstić information content (AvgIpc) is 3.68. The fourth-order valence-corrected chi connectivity index (χ4v) is 8.11. The van der Waals surface area contributed by atoms with Gasteiger partial charge in [0.2, 0.25) is 5.89 Å². The molecule has 0 saturated carbocycles. The van der Waals surface area contributed by atoms with Crippen LogP contribution in [0.5, 0.6) is 5.75 Å². The highest BCUT2D eigenvalue weighted by atomic mass is 16.3. The van der Waals surface area contributed by atoms with Crippen molar-refractivity contribution in [2.45, 2.75) is 84.5 Å². The predicted octanol–water partition coefficient (Wildman–Crippen LogP) is 14.7.